The quantitative estimate of drug-likeness (QED) is 0.603. The molecule has 1 amide bonds. The van der Waals surface area contributed by atoms with Crippen LogP contribution in [0.15, 0.2) is 6.33 Å². The second-order valence-corrected chi connectivity index (χ2v) is 4.26. The van der Waals surface area contributed by atoms with Crippen LogP contribution in [0.25, 0.3) is 0 Å². The number of carbonyl (C=O) groups is 2. The van der Waals surface area contributed by atoms with Crippen molar-refractivity contribution in [3.05, 3.63) is 17.7 Å². The zero-order valence-electron chi connectivity index (χ0n) is 10.2. The third-order valence-electron chi connectivity index (χ3n) is 2.95. The molecule has 2 rings (SSSR count). The van der Waals surface area contributed by atoms with Crippen molar-refractivity contribution >= 4 is 11.9 Å². The van der Waals surface area contributed by atoms with Crippen LogP contribution in [0.4, 0.5) is 0 Å². The van der Waals surface area contributed by atoms with Crippen molar-refractivity contribution in [3.8, 4) is 12.3 Å². The summed E-state index contributed by atoms with van der Waals surface area (Å²) in [6, 6.07) is -0.483. The van der Waals surface area contributed by atoms with Gasteiger partial charge in [0, 0.05) is 13.0 Å². The number of terminal acetylenes is 1. The van der Waals surface area contributed by atoms with Gasteiger partial charge in [-0.25, -0.2) is 4.98 Å². The first-order valence-corrected chi connectivity index (χ1v) is 5.80. The van der Waals surface area contributed by atoms with Crippen molar-refractivity contribution in [3.63, 3.8) is 0 Å². The number of hydrogen-bond donors (Lipinski definition) is 3. The van der Waals surface area contributed by atoms with Gasteiger partial charge in [0.25, 0.3) is 0 Å². The molecule has 0 saturated heterocycles. The number of imidazole rings is 1. The number of H-pyrrole nitrogens is 1. The van der Waals surface area contributed by atoms with Crippen LogP contribution in [-0.4, -0.2) is 51.0 Å². The first-order valence-electron chi connectivity index (χ1n) is 5.80. The number of nitrogens with zero attached hydrogens (tertiary/aromatic N) is 2. The molecule has 1 atom stereocenters. The maximum Gasteiger partial charge on any atom is 0.323 e. The van der Waals surface area contributed by atoms with E-state index in [1.54, 1.807) is 6.33 Å². The lowest BCUT2D eigenvalue weighted by Gasteiger charge is -2.27. The number of aromatic amines is 1. The van der Waals surface area contributed by atoms with Crippen molar-refractivity contribution in [1.29, 1.82) is 0 Å². The van der Waals surface area contributed by atoms with E-state index in [0.29, 0.717) is 13.0 Å². The third kappa shape index (κ3) is 2.92. The fourth-order valence-electron chi connectivity index (χ4n) is 2.05. The molecule has 1 aromatic rings. The summed E-state index contributed by atoms with van der Waals surface area (Å²) in [6.45, 7) is 0.0913. The summed E-state index contributed by atoms with van der Waals surface area (Å²) in [7, 11) is 0. The van der Waals surface area contributed by atoms with Gasteiger partial charge >= 0.3 is 5.97 Å². The van der Waals surface area contributed by atoms with E-state index in [-0.39, 0.29) is 12.5 Å². The van der Waals surface area contributed by atoms with E-state index in [0.717, 1.165) is 16.3 Å². The van der Waals surface area contributed by atoms with Crippen molar-refractivity contribution in [1.82, 2.24) is 20.2 Å². The molecule has 7 heteroatoms. The molecule has 1 aliphatic rings. The van der Waals surface area contributed by atoms with E-state index in [1.165, 1.54) is 0 Å². The normalized spacial score (nSPS) is 17.3. The topological polar surface area (TPSA) is 98.3 Å². The molecular formula is C12H14N4O3. The first kappa shape index (κ1) is 13.1. The monoisotopic (exact) mass is 262 g/mol. The standard InChI is InChI=1S/C12H14N4O3/c1-2-3-16(6-11(17)18)12(19)9-4-8-10(5-13-9)15-7-14-8/h1,7,9,13H,3-6H2,(H,14,15)(H,17,18). The lowest BCUT2D eigenvalue weighted by Crippen LogP contribution is -2.50. The molecular weight excluding hydrogens is 248 g/mol. The largest absolute Gasteiger partial charge is 0.480 e. The van der Waals surface area contributed by atoms with Gasteiger partial charge in [-0.05, 0) is 0 Å². The number of hydrogen-bond acceptors (Lipinski definition) is 4. The zero-order chi connectivity index (χ0) is 13.8. The highest BCUT2D eigenvalue weighted by Crippen LogP contribution is 2.13. The van der Waals surface area contributed by atoms with E-state index < -0.39 is 18.6 Å². The van der Waals surface area contributed by atoms with Gasteiger partial charge in [-0.15, -0.1) is 6.42 Å². The Kier molecular flexibility index (Phi) is 3.82. The summed E-state index contributed by atoms with van der Waals surface area (Å²) >= 11 is 0. The molecule has 0 aromatic carbocycles. The van der Waals surface area contributed by atoms with E-state index in [2.05, 4.69) is 21.2 Å². The molecule has 100 valence electrons. The molecule has 2 heterocycles. The molecule has 0 aliphatic carbocycles. The predicted octanol–water partition coefficient (Wildman–Crippen LogP) is -1.03. The lowest BCUT2D eigenvalue weighted by molar-refractivity contribution is -0.144. The van der Waals surface area contributed by atoms with Crippen molar-refractivity contribution in [2.24, 2.45) is 0 Å². The van der Waals surface area contributed by atoms with Crippen LogP contribution in [0.3, 0.4) is 0 Å². The Bertz CT molecular complexity index is 531. The maximum atomic E-state index is 12.2. The van der Waals surface area contributed by atoms with Gasteiger partial charge in [-0.3, -0.25) is 14.9 Å². The van der Waals surface area contributed by atoms with Crippen LogP contribution in [0, 0.1) is 12.3 Å². The second kappa shape index (κ2) is 5.54. The van der Waals surface area contributed by atoms with E-state index in [9.17, 15) is 9.59 Å². The van der Waals surface area contributed by atoms with E-state index in [4.69, 9.17) is 11.5 Å². The van der Waals surface area contributed by atoms with Crippen LogP contribution in [0.1, 0.15) is 11.4 Å². The molecule has 0 radical (unpaired) electrons. The second-order valence-electron chi connectivity index (χ2n) is 4.26. The maximum absolute atomic E-state index is 12.2. The zero-order valence-corrected chi connectivity index (χ0v) is 10.2. The molecule has 3 N–H and O–H groups in total. The molecule has 1 aromatic heterocycles. The molecule has 0 spiro atoms. The van der Waals surface area contributed by atoms with E-state index >= 15 is 0 Å². The number of nitrogens with one attached hydrogen (secondary N) is 2. The average molecular weight is 262 g/mol. The molecule has 1 aliphatic heterocycles. The van der Waals surface area contributed by atoms with Crippen LogP contribution < -0.4 is 5.32 Å². The number of carboxylic acid groups (broad SMARTS) is 1. The summed E-state index contributed by atoms with van der Waals surface area (Å²) in [5, 5.41) is 11.8. The number of amides is 1. The van der Waals surface area contributed by atoms with Gasteiger partial charge in [-0.2, -0.15) is 0 Å². The van der Waals surface area contributed by atoms with Crippen molar-refractivity contribution in [2.45, 2.75) is 19.0 Å². The molecule has 19 heavy (non-hydrogen) atoms. The van der Waals surface area contributed by atoms with Crippen LogP contribution in [-0.2, 0) is 22.6 Å². The molecule has 0 saturated carbocycles. The summed E-state index contributed by atoms with van der Waals surface area (Å²) in [6.07, 6.45) is 7.17. The fraction of sp³-hybridized carbons (Fsp3) is 0.417. The predicted molar refractivity (Wildman–Crippen MR) is 66.0 cm³/mol. The summed E-state index contributed by atoms with van der Waals surface area (Å²) in [5.41, 5.74) is 1.78. The van der Waals surface area contributed by atoms with Crippen LogP contribution in [0.5, 0.6) is 0 Å². The smallest absolute Gasteiger partial charge is 0.323 e. The molecule has 0 fully saturated rings. The Morgan fingerprint density at radius 3 is 3.11 bits per heavy atom. The first-order chi connectivity index (χ1) is 9.11. The molecule has 0 bridgehead atoms. The Balaban J connectivity index is 2.06. The minimum Gasteiger partial charge on any atom is -0.480 e. The highest BCUT2D eigenvalue weighted by atomic mass is 16.4. The number of carbonyl (C=O) groups excluding carboxylic acids is 1. The third-order valence-corrected chi connectivity index (χ3v) is 2.95. The lowest BCUT2D eigenvalue weighted by atomic mass is 10.0. The minimum absolute atomic E-state index is 0.0171. The van der Waals surface area contributed by atoms with Gasteiger partial charge in [0.1, 0.15) is 6.54 Å². The molecule has 7 nitrogen and oxygen atoms in total. The summed E-state index contributed by atoms with van der Waals surface area (Å²) < 4.78 is 0. The summed E-state index contributed by atoms with van der Waals surface area (Å²) in [4.78, 5) is 31.2. The Morgan fingerprint density at radius 1 is 1.63 bits per heavy atom. The Labute approximate surface area is 110 Å². The van der Waals surface area contributed by atoms with Crippen LogP contribution >= 0.6 is 0 Å². The SMILES string of the molecule is C#CCN(CC(=O)O)C(=O)C1Cc2nc[nH]c2CN1. The minimum atomic E-state index is -1.08. The van der Waals surface area contributed by atoms with Gasteiger partial charge in [0.15, 0.2) is 0 Å². The number of aromatic nitrogens is 2. The van der Waals surface area contributed by atoms with Gasteiger partial charge < -0.3 is 15.0 Å². The molecule has 1 unspecified atom stereocenters. The highest BCUT2D eigenvalue weighted by molar-refractivity contribution is 5.86. The summed E-state index contributed by atoms with van der Waals surface area (Å²) in [5.74, 6) is 0.905. The Morgan fingerprint density at radius 2 is 2.42 bits per heavy atom. The van der Waals surface area contributed by atoms with Gasteiger partial charge in [-0.1, -0.05) is 5.92 Å². The van der Waals surface area contributed by atoms with Crippen molar-refractivity contribution < 1.29 is 14.7 Å². The number of aliphatic carboxylic acids is 1. The number of rotatable bonds is 4. The van der Waals surface area contributed by atoms with Gasteiger partial charge in [0.05, 0.1) is 30.3 Å². The Hall–Kier alpha value is -2.33. The fourth-order valence-corrected chi connectivity index (χ4v) is 2.05. The van der Waals surface area contributed by atoms with Crippen LogP contribution in [0.2, 0.25) is 0 Å². The number of carboxylic acids is 1. The average Bonchev–Trinajstić information content (AvgIpc) is 2.84. The van der Waals surface area contributed by atoms with E-state index in [1.807, 2.05) is 0 Å². The number of fused-ring (bicyclic) bond motifs is 1. The highest BCUT2D eigenvalue weighted by Gasteiger charge is 2.29. The van der Waals surface area contributed by atoms with Gasteiger partial charge in [0.2, 0.25) is 5.91 Å². The van der Waals surface area contributed by atoms with Crippen molar-refractivity contribution in [2.75, 3.05) is 13.1 Å².